The first-order valence-corrected chi connectivity index (χ1v) is 12.7. The van der Waals surface area contributed by atoms with E-state index in [0.29, 0.717) is 26.3 Å². The van der Waals surface area contributed by atoms with Crippen LogP contribution in [0.4, 0.5) is 0 Å². The Bertz CT molecular complexity index is 1280. The zero-order valence-electron chi connectivity index (χ0n) is 21.8. The Morgan fingerprint density at radius 1 is 1.14 bits per heavy atom. The Morgan fingerprint density at radius 2 is 1.89 bits per heavy atom. The number of benzene rings is 2. The third kappa shape index (κ3) is 5.18. The van der Waals surface area contributed by atoms with Crippen molar-refractivity contribution in [2.45, 2.75) is 47.5 Å². The van der Waals surface area contributed by atoms with E-state index in [1.54, 1.807) is 24.2 Å². The summed E-state index contributed by atoms with van der Waals surface area (Å²) in [6.45, 7) is 11.6. The Morgan fingerprint density at radius 3 is 2.58 bits per heavy atom. The molecule has 3 aromatic rings. The largest absolute Gasteiger partial charge is 0.493 e. The molecule has 1 saturated heterocycles. The second-order valence-corrected chi connectivity index (χ2v) is 9.41. The van der Waals surface area contributed by atoms with Crippen LogP contribution < -0.4 is 4.74 Å². The van der Waals surface area contributed by atoms with Gasteiger partial charge in [0.15, 0.2) is 0 Å². The minimum atomic E-state index is -0.267. The molecule has 1 amide bonds. The van der Waals surface area contributed by atoms with Gasteiger partial charge in [0.05, 0.1) is 25.4 Å². The van der Waals surface area contributed by atoms with E-state index in [2.05, 4.69) is 37.3 Å². The summed E-state index contributed by atoms with van der Waals surface area (Å²) in [6.07, 6.45) is 4.97. The lowest BCUT2D eigenvalue weighted by atomic mass is 9.95. The molecule has 36 heavy (non-hydrogen) atoms. The van der Waals surface area contributed by atoms with Gasteiger partial charge < -0.3 is 18.8 Å². The highest BCUT2D eigenvalue weighted by molar-refractivity contribution is 6.01. The van der Waals surface area contributed by atoms with E-state index in [0.717, 1.165) is 57.4 Å². The average molecular weight is 490 g/mol. The zero-order valence-corrected chi connectivity index (χ0v) is 21.8. The maximum atomic E-state index is 13.2. The van der Waals surface area contributed by atoms with Crippen LogP contribution in [0.3, 0.4) is 0 Å². The number of carbonyl (C=O) groups excluding carboxylic acids is 2. The van der Waals surface area contributed by atoms with Crippen molar-refractivity contribution in [3.8, 4) is 16.9 Å². The van der Waals surface area contributed by atoms with Crippen molar-refractivity contribution in [3.05, 3.63) is 59.4 Å². The first-order valence-electron chi connectivity index (χ1n) is 12.7. The number of amides is 1. The van der Waals surface area contributed by atoms with Crippen LogP contribution in [0.25, 0.3) is 27.7 Å². The summed E-state index contributed by atoms with van der Waals surface area (Å²) in [5, 5.41) is 0.982. The van der Waals surface area contributed by atoms with Crippen molar-refractivity contribution in [3.63, 3.8) is 0 Å². The van der Waals surface area contributed by atoms with E-state index in [-0.39, 0.29) is 17.8 Å². The molecule has 4 rings (SSSR count). The van der Waals surface area contributed by atoms with Crippen LogP contribution in [0.5, 0.6) is 5.75 Å². The van der Waals surface area contributed by atoms with E-state index < -0.39 is 0 Å². The molecule has 0 bridgehead atoms. The normalized spacial score (nSPS) is 16.3. The number of ether oxygens (including phenoxy) is 2. The van der Waals surface area contributed by atoms with Crippen LogP contribution in [-0.2, 0) is 14.3 Å². The molecule has 1 aliphatic heterocycles. The second-order valence-electron chi connectivity index (χ2n) is 9.41. The molecule has 0 saturated carbocycles. The Balaban J connectivity index is 1.70. The third-order valence-corrected chi connectivity index (χ3v) is 6.81. The van der Waals surface area contributed by atoms with Gasteiger partial charge in [0.2, 0.25) is 5.91 Å². The molecule has 0 N–H and O–H groups in total. The molecule has 0 radical (unpaired) electrons. The summed E-state index contributed by atoms with van der Waals surface area (Å²) in [4.78, 5) is 27.2. The van der Waals surface area contributed by atoms with Crippen LogP contribution >= 0.6 is 0 Å². The van der Waals surface area contributed by atoms with E-state index in [4.69, 9.17) is 13.9 Å². The first kappa shape index (κ1) is 25.5. The van der Waals surface area contributed by atoms with E-state index >= 15 is 0 Å². The summed E-state index contributed by atoms with van der Waals surface area (Å²) in [6, 6.07) is 10.4. The Kier molecular flexibility index (Phi) is 7.82. The highest BCUT2D eigenvalue weighted by Crippen LogP contribution is 2.41. The van der Waals surface area contributed by atoms with Crippen LogP contribution in [0, 0.1) is 19.8 Å². The minimum Gasteiger partial charge on any atom is -0.493 e. The third-order valence-electron chi connectivity index (χ3n) is 6.81. The van der Waals surface area contributed by atoms with Gasteiger partial charge >= 0.3 is 5.97 Å². The van der Waals surface area contributed by atoms with E-state index in [9.17, 15) is 9.59 Å². The maximum absolute atomic E-state index is 13.2. The topological polar surface area (TPSA) is 69.0 Å². The van der Waals surface area contributed by atoms with Gasteiger partial charge in [0, 0.05) is 41.2 Å². The summed E-state index contributed by atoms with van der Waals surface area (Å²) in [5.74, 6) is 0.128. The van der Waals surface area contributed by atoms with Crippen molar-refractivity contribution >= 4 is 28.4 Å². The number of likely N-dealkylation sites (tertiary alicyclic amines) is 1. The fraction of sp³-hybridized carbons (Fsp3) is 0.400. The molecule has 2 heterocycles. The Hall–Kier alpha value is -3.54. The maximum Gasteiger partial charge on any atom is 0.310 e. The molecule has 6 nitrogen and oxygen atoms in total. The molecule has 6 heteroatoms. The zero-order chi connectivity index (χ0) is 25.8. The Labute approximate surface area is 212 Å². The predicted octanol–water partition coefficient (Wildman–Crippen LogP) is 6.32. The number of piperidine rings is 1. The number of hydrogen-bond acceptors (Lipinski definition) is 5. The molecule has 0 spiro atoms. The van der Waals surface area contributed by atoms with Crippen LogP contribution in [-0.4, -0.2) is 43.1 Å². The van der Waals surface area contributed by atoms with Crippen molar-refractivity contribution in [1.29, 1.82) is 0 Å². The lowest BCUT2D eigenvalue weighted by molar-refractivity contribution is -0.150. The van der Waals surface area contributed by atoms with Gasteiger partial charge in [-0.1, -0.05) is 29.8 Å². The summed E-state index contributed by atoms with van der Waals surface area (Å²) >= 11 is 0. The molecule has 1 aromatic heterocycles. The number of aryl methyl sites for hydroxylation is 2. The van der Waals surface area contributed by atoms with Gasteiger partial charge in [0.25, 0.3) is 0 Å². The standard InChI is InChI=1S/C30H35NO5/c1-6-34-28-21(5)29-25(26(18-36-29)22-12-10-19(3)11-13-22)16-24(28)20(4)15-27(32)31-14-8-9-23(17-31)30(33)35-7-2/h10-13,15-16,18,23H,6-9,14,17H2,1-5H3/b20-15+. The van der Waals surface area contributed by atoms with Crippen molar-refractivity contribution in [1.82, 2.24) is 4.90 Å². The highest BCUT2D eigenvalue weighted by atomic mass is 16.5. The van der Waals surface area contributed by atoms with Crippen LogP contribution in [0.15, 0.2) is 47.1 Å². The molecule has 1 atom stereocenters. The van der Waals surface area contributed by atoms with Gasteiger partial charge in [-0.25, -0.2) is 0 Å². The lowest BCUT2D eigenvalue weighted by Crippen LogP contribution is -2.42. The number of furan rings is 1. The molecule has 2 aromatic carbocycles. The second kappa shape index (κ2) is 11.0. The van der Waals surface area contributed by atoms with Crippen LogP contribution in [0.1, 0.15) is 50.3 Å². The highest BCUT2D eigenvalue weighted by Gasteiger charge is 2.29. The quantitative estimate of drug-likeness (QED) is 0.287. The summed E-state index contributed by atoms with van der Waals surface area (Å²) in [5.41, 5.74) is 6.64. The molecule has 190 valence electrons. The van der Waals surface area contributed by atoms with Crippen molar-refractivity contribution in [2.75, 3.05) is 26.3 Å². The smallest absolute Gasteiger partial charge is 0.310 e. The number of carbonyl (C=O) groups is 2. The molecule has 1 fully saturated rings. The predicted molar refractivity (Wildman–Crippen MR) is 142 cm³/mol. The first-order chi connectivity index (χ1) is 17.3. The van der Waals surface area contributed by atoms with Gasteiger partial charge in [-0.05, 0) is 64.7 Å². The van der Waals surface area contributed by atoms with Gasteiger partial charge in [-0.15, -0.1) is 0 Å². The molecule has 1 unspecified atom stereocenters. The number of rotatable bonds is 7. The summed E-state index contributed by atoms with van der Waals surface area (Å²) < 4.78 is 17.2. The van der Waals surface area contributed by atoms with E-state index in [1.165, 1.54) is 5.56 Å². The number of esters is 1. The molecular weight excluding hydrogens is 454 g/mol. The van der Waals surface area contributed by atoms with Gasteiger partial charge in [-0.3, -0.25) is 9.59 Å². The SMILES string of the molecule is CCOC(=O)C1CCCN(C(=O)/C=C(\C)c2cc3c(-c4ccc(C)cc4)coc3c(C)c2OCC)C1. The summed E-state index contributed by atoms with van der Waals surface area (Å²) in [7, 11) is 0. The lowest BCUT2D eigenvalue weighted by Gasteiger charge is -2.31. The number of nitrogens with zero attached hydrogens (tertiary/aromatic N) is 1. The fourth-order valence-corrected chi connectivity index (χ4v) is 4.88. The molecule has 1 aliphatic rings. The van der Waals surface area contributed by atoms with Crippen molar-refractivity contribution in [2.24, 2.45) is 5.92 Å². The molecular formula is C30H35NO5. The number of hydrogen-bond donors (Lipinski definition) is 0. The van der Waals surface area contributed by atoms with E-state index in [1.807, 2.05) is 20.8 Å². The van der Waals surface area contributed by atoms with Crippen LogP contribution in [0.2, 0.25) is 0 Å². The fourth-order valence-electron chi connectivity index (χ4n) is 4.88. The van der Waals surface area contributed by atoms with Gasteiger partial charge in [0.1, 0.15) is 11.3 Å². The number of fused-ring (bicyclic) bond motifs is 1. The number of allylic oxidation sites excluding steroid dienone is 1. The van der Waals surface area contributed by atoms with Crippen molar-refractivity contribution < 1.29 is 23.5 Å². The molecule has 0 aliphatic carbocycles. The van der Waals surface area contributed by atoms with Gasteiger partial charge in [-0.2, -0.15) is 0 Å². The minimum absolute atomic E-state index is 0.104. The monoisotopic (exact) mass is 489 g/mol. The average Bonchev–Trinajstić information content (AvgIpc) is 3.30.